The Labute approximate surface area is 130 Å². The zero-order chi connectivity index (χ0) is 16.9. The Morgan fingerprint density at radius 1 is 1.26 bits per heavy atom. The number of halogens is 3. The van der Waals surface area contributed by atoms with E-state index in [1.807, 2.05) is 5.32 Å². The molecule has 0 fully saturated rings. The number of nitrogens with one attached hydrogen (secondary N) is 1. The highest BCUT2D eigenvalue weighted by atomic mass is 19.4. The van der Waals surface area contributed by atoms with Gasteiger partial charge in [-0.3, -0.25) is 14.8 Å². The number of nitrogens with zero attached hydrogens (tertiary/aromatic N) is 4. The van der Waals surface area contributed by atoms with E-state index in [1.165, 1.54) is 36.6 Å². The van der Waals surface area contributed by atoms with E-state index in [4.69, 9.17) is 0 Å². The van der Waals surface area contributed by atoms with E-state index in [2.05, 4.69) is 15.0 Å². The van der Waals surface area contributed by atoms with Crippen LogP contribution in [0.1, 0.15) is 6.92 Å². The molecule has 9 heteroatoms. The fourth-order valence-electron chi connectivity index (χ4n) is 1.92. The molecule has 0 aliphatic heterocycles. The van der Waals surface area contributed by atoms with Crippen LogP contribution in [0.4, 0.5) is 24.7 Å². The van der Waals surface area contributed by atoms with Gasteiger partial charge in [0.05, 0.1) is 18.1 Å². The summed E-state index contributed by atoms with van der Waals surface area (Å²) in [5.41, 5.74) is 0.516. The van der Waals surface area contributed by atoms with E-state index in [1.54, 1.807) is 18.3 Å². The second kappa shape index (κ2) is 7.03. The summed E-state index contributed by atoms with van der Waals surface area (Å²) in [6.45, 7) is 0.0882. The Morgan fingerprint density at radius 2 is 2.00 bits per heavy atom. The maximum absolute atomic E-state index is 12.3. The second-order valence-electron chi connectivity index (χ2n) is 4.65. The molecule has 2 rings (SSSR count). The van der Waals surface area contributed by atoms with Crippen LogP contribution in [0.5, 0.6) is 0 Å². The van der Waals surface area contributed by atoms with E-state index in [0.717, 1.165) is 0 Å². The number of rotatable bonds is 5. The van der Waals surface area contributed by atoms with Crippen molar-refractivity contribution in [2.24, 2.45) is 0 Å². The lowest BCUT2D eigenvalue weighted by molar-refractivity contribution is -0.138. The first kappa shape index (κ1) is 16.7. The number of carbonyl (C=O) groups excluding carboxylic acids is 1. The molecule has 2 heterocycles. The van der Waals surface area contributed by atoms with Gasteiger partial charge in [-0.05, 0) is 19.1 Å². The van der Waals surface area contributed by atoms with Crippen LogP contribution in [-0.2, 0) is 4.79 Å². The lowest BCUT2D eigenvalue weighted by atomic mass is 10.2. The number of hydrogen-bond donors (Lipinski definition) is 1. The topological polar surface area (TPSA) is 71.0 Å². The molecule has 122 valence electrons. The van der Waals surface area contributed by atoms with E-state index in [9.17, 15) is 18.0 Å². The van der Waals surface area contributed by atoms with Gasteiger partial charge in [0.2, 0.25) is 5.91 Å². The van der Waals surface area contributed by atoms with Crippen LogP contribution >= 0.6 is 0 Å². The fourth-order valence-corrected chi connectivity index (χ4v) is 1.92. The molecule has 0 spiro atoms. The smallest absolute Gasteiger partial charge is 0.345 e. The van der Waals surface area contributed by atoms with Gasteiger partial charge in [0.25, 0.3) is 0 Å². The zero-order valence-electron chi connectivity index (χ0n) is 12.2. The molecule has 0 bridgehead atoms. The quantitative estimate of drug-likeness (QED) is 0.911. The maximum Gasteiger partial charge on any atom is 0.405 e. The Hall–Kier alpha value is -2.71. The molecule has 2 aromatic heterocycles. The molecule has 0 saturated heterocycles. The molecular formula is C14H14F3N5O. The number of aromatic nitrogens is 3. The van der Waals surface area contributed by atoms with Gasteiger partial charge in [-0.25, -0.2) is 4.98 Å². The lowest BCUT2D eigenvalue weighted by Gasteiger charge is -2.29. The van der Waals surface area contributed by atoms with E-state index >= 15 is 0 Å². The molecule has 2 aromatic rings. The van der Waals surface area contributed by atoms with Crippen LogP contribution in [0.2, 0.25) is 0 Å². The van der Waals surface area contributed by atoms with Gasteiger partial charge in [-0.1, -0.05) is 0 Å². The van der Waals surface area contributed by atoms with Crippen molar-refractivity contribution < 1.29 is 18.0 Å². The minimum absolute atomic E-state index is 0.329. The van der Waals surface area contributed by atoms with Crippen LogP contribution in [0, 0.1) is 0 Å². The van der Waals surface area contributed by atoms with Crippen molar-refractivity contribution in [3.05, 3.63) is 43.1 Å². The zero-order valence-corrected chi connectivity index (χ0v) is 12.2. The van der Waals surface area contributed by atoms with Gasteiger partial charge < -0.3 is 10.2 Å². The summed E-state index contributed by atoms with van der Waals surface area (Å²) < 4.78 is 36.8. The third kappa shape index (κ3) is 4.63. The Balaban J connectivity index is 2.25. The largest absolute Gasteiger partial charge is 0.405 e. The highest BCUT2D eigenvalue weighted by Crippen LogP contribution is 2.24. The summed E-state index contributed by atoms with van der Waals surface area (Å²) in [6.07, 6.45) is 2.87. The van der Waals surface area contributed by atoms with E-state index in [-0.39, 0.29) is 0 Å². The van der Waals surface area contributed by atoms with Crippen molar-refractivity contribution in [3.63, 3.8) is 0 Å². The summed E-state index contributed by atoms with van der Waals surface area (Å²) in [5.74, 6) is -0.452. The molecule has 0 aliphatic rings. The number of carbonyl (C=O) groups is 1. The van der Waals surface area contributed by atoms with Crippen molar-refractivity contribution >= 4 is 17.4 Å². The van der Waals surface area contributed by atoms with Gasteiger partial charge in [-0.2, -0.15) is 13.2 Å². The average molecular weight is 325 g/mol. The summed E-state index contributed by atoms with van der Waals surface area (Å²) in [4.78, 5) is 25.5. The first-order chi connectivity index (χ1) is 10.9. The van der Waals surface area contributed by atoms with Gasteiger partial charge in [0, 0.05) is 18.6 Å². The minimum atomic E-state index is -4.47. The normalized spacial score (nSPS) is 12.5. The third-order valence-corrected chi connectivity index (χ3v) is 2.95. The highest BCUT2D eigenvalue weighted by molar-refractivity contribution is 5.87. The van der Waals surface area contributed by atoms with Gasteiger partial charge in [-0.15, -0.1) is 0 Å². The van der Waals surface area contributed by atoms with Crippen molar-refractivity contribution in [1.82, 2.24) is 20.3 Å². The summed E-state index contributed by atoms with van der Waals surface area (Å²) in [5, 5.41) is 1.87. The minimum Gasteiger partial charge on any atom is -0.345 e. The Kier molecular flexibility index (Phi) is 5.09. The molecule has 0 aromatic carbocycles. The van der Waals surface area contributed by atoms with Crippen LogP contribution in [0.15, 0.2) is 43.1 Å². The predicted octanol–water partition coefficient (Wildman–Crippen LogP) is 2.08. The fraction of sp³-hybridized carbons (Fsp3) is 0.286. The molecular weight excluding hydrogens is 311 g/mol. The number of pyridine rings is 1. The summed E-state index contributed by atoms with van der Waals surface area (Å²) >= 11 is 0. The van der Waals surface area contributed by atoms with Gasteiger partial charge in [0.1, 0.15) is 12.6 Å². The van der Waals surface area contributed by atoms with Crippen LogP contribution < -0.4 is 10.2 Å². The monoisotopic (exact) mass is 325 g/mol. The predicted molar refractivity (Wildman–Crippen MR) is 76.9 cm³/mol. The van der Waals surface area contributed by atoms with Crippen LogP contribution in [0.3, 0.4) is 0 Å². The van der Waals surface area contributed by atoms with Crippen LogP contribution in [-0.4, -0.2) is 39.6 Å². The first-order valence-corrected chi connectivity index (χ1v) is 6.68. The molecule has 23 heavy (non-hydrogen) atoms. The van der Waals surface area contributed by atoms with Crippen molar-refractivity contribution in [3.8, 4) is 0 Å². The molecule has 0 radical (unpaired) electrons. The van der Waals surface area contributed by atoms with Gasteiger partial charge >= 0.3 is 6.18 Å². The van der Waals surface area contributed by atoms with Gasteiger partial charge in [0.15, 0.2) is 5.82 Å². The Morgan fingerprint density at radius 3 is 2.57 bits per heavy atom. The van der Waals surface area contributed by atoms with Crippen molar-refractivity contribution in [2.45, 2.75) is 19.1 Å². The number of alkyl halides is 3. The third-order valence-electron chi connectivity index (χ3n) is 2.95. The van der Waals surface area contributed by atoms with E-state index < -0.39 is 24.7 Å². The molecule has 1 N–H and O–H groups in total. The highest BCUT2D eigenvalue weighted by Gasteiger charge is 2.31. The average Bonchev–Trinajstić information content (AvgIpc) is 2.54. The first-order valence-electron chi connectivity index (χ1n) is 6.68. The van der Waals surface area contributed by atoms with E-state index in [0.29, 0.717) is 11.5 Å². The molecule has 0 unspecified atom stereocenters. The molecule has 0 saturated carbocycles. The number of hydrogen-bond acceptors (Lipinski definition) is 5. The Bertz CT molecular complexity index is 596. The molecule has 0 aliphatic carbocycles. The molecule has 1 amide bonds. The maximum atomic E-state index is 12.3. The second-order valence-corrected chi connectivity index (χ2v) is 4.65. The number of anilines is 2. The lowest BCUT2D eigenvalue weighted by Crippen LogP contribution is -2.46. The number of amides is 1. The SMILES string of the molecule is C[C@H](C(=O)NCC(F)(F)F)N(c1cccnc1)c1cnccn1. The molecule has 6 nitrogen and oxygen atoms in total. The van der Waals surface area contributed by atoms with Crippen LogP contribution in [0.25, 0.3) is 0 Å². The van der Waals surface area contributed by atoms with Crippen molar-refractivity contribution in [1.29, 1.82) is 0 Å². The standard InChI is InChI=1S/C14H14F3N5O/c1-10(13(23)21-9-14(15,16)17)22(11-3-2-4-18-7-11)12-8-19-5-6-20-12/h2-8,10H,9H2,1H3,(H,21,23)/t10-/m1/s1. The molecule has 1 atom stereocenters. The van der Waals surface area contributed by atoms with Crippen molar-refractivity contribution in [2.75, 3.05) is 11.4 Å². The summed E-state index contributed by atoms with van der Waals surface area (Å²) in [7, 11) is 0. The summed E-state index contributed by atoms with van der Waals surface area (Å²) in [6, 6.07) is 2.40.